The third-order valence-corrected chi connectivity index (χ3v) is 5.77. The topological polar surface area (TPSA) is 74.4 Å². The van der Waals surface area contributed by atoms with Gasteiger partial charge in [0.15, 0.2) is 0 Å². The Bertz CT molecular complexity index is 1070. The zero-order chi connectivity index (χ0) is 21.3. The number of fused-ring (bicyclic) bond motifs is 3. The largest absolute Gasteiger partial charge is 0.497 e. The number of hydrogen-bond donors (Lipinski definition) is 2. The highest BCUT2D eigenvalue weighted by atomic mass is 16.5. The average Bonchev–Trinajstić information content (AvgIpc) is 3.14. The van der Waals surface area contributed by atoms with Crippen LogP contribution in [0.1, 0.15) is 35.5 Å². The molecule has 2 aromatic carbocycles. The smallest absolute Gasteiger partial charge is 0.251 e. The standard InChI is InChI=1S/C24H27N3O3/c1-15(2)22(26-23(28)16-8-10-17(30-3)11-9-16)24(29)27-13-12-21-19(14-27)18-6-4-5-7-20(18)25-21/h4-11,15,22,25H,12-14H2,1-3H3,(H,26,28)/t22-/m1/s1. The van der Waals surface area contributed by atoms with Gasteiger partial charge in [-0.05, 0) is 36.2 Å². The highest BCUT2D eigenvalue weighted by molar-refractivity contribution is 5.98. The molecule has 2 N–H and O–H groups in total. The number of ether oxygens (including phenoxy) is 1. The van der Waals surface area contributed by atoms with Crippen LogP contribution in [0.5, 0.6) is 5.75 Å². The van der Waals surface area contributed by atoms with Gasteiger partial charge in [0.1, 0.15) is 11.8 Å². The molecule has 0 bridgehead atoms. The fourth-order valence-corrected chi connectivity index (χ4v) is 4.03. The molecule has 6 heteroatoms. The summed E-state index contributed by atoms with van der Waals surface area (Å²) in [6, 6.07) is 14.5. The first-order valence-corrected chi connectivity index (χ1v) is 10.3. The highest BCUT2D eigenvalue weighted by Gasteiger charge is 2.32. The molecule has 30 heavy (non-hydrogen) atoms. The normalized spacial score (nSPS) is 14.5. The van der Waals surface area contributed by atoms with E-state index in [1.165, 1.54) is 11.3 Å². The van der Waals surface area contributed by atoms with Crippen LogP contribution in [0.4, 0.5) is 0 Å². The van der Waals surface area contributed by atoms with Gasteiger partial charge in [-0.15, -0.1) is 0 Å². The van der Waals surface area contributed by atoms with E-state index in [9.17, 15) is 9.59 Å². The minimum absolute atomic E-state index is 0.0240. The lowest BCUT2D eigenvalue weighted by molar-refractivity contribution is -0.135. The van der Waals surface area contributed by atoms with E-state index in [1.54, 1.807) is 31.4 Å². The molecule has 0 saturated heterocycles. The summed E-state index contributed by atoms with van der Waals surface area (Å²) in [7, 11) is 1.58. The van der Waals surface area contributed by atoms with Gasteiger partial charge >= 0.3 is 0 Å². The number of para-hydroxylation sites is 1. The molecule has 0 fully saturated rings. The second-order valence-electron chi connectivity index (χ2n) is 8.06. The molecular weight excluding hydrogens is 378 g/mol. The van der Waals surface area contributed by atoms with Crippen LogP contribution in [0.15, 0.2) is 48.5 Å². The molecule has 0 radical (unpaired) electrons. The number of nitrogens with zero attached hydrogens (tertiary/aromatic N) is 1. The number of carbonyl (C=O) groups excluding carboxylic acids is 2. The fourth-order valence-electron chi connectivity index (χ4n) is 4.03. The molecule has 4 rings (SSSR count). The van der Waals surface area contributed by atoms with Crippen LogP contribution in [0.3, 0.4) is 0 Å². The van der Waals surface area contributed by atoms with Gasteiger partial charge in [0.2, 0.25) is 5.91 Å². The maximum absolute atomic E-state index is 13.4. The number of rotatable bonds is 5. The van der Waals surface area contributed by atoms with E-state index >= 15 is 0 Å². The molecular formula is C24H27N3O3. The van der Waals surface area contributed by atoms with Crippen molar-refractivity contribution in [3.63, 3.8) is 0 Å². The molecule has 0 aliphatic carbocycles. The summed E-state index contributed by atoms with van der Waals surface area (Å²) in [4.78, 5) is 31.4. The molecule has 2 heterocycles. The number of hydrogen-bond acceptors (Lipinski definition) is 3. The summed E-state index contributed by atoms with van der Waals surface area (Å²) in [5.74, 6) is 0.368. The second kappa shape index (κ2) is 8.22. The van der Waals surface area contributed by atoms with E-state index < -0.39 is 6.04 Å². The maximum Gasteiger partial charge on any atom is 0.251 e. The zero-order valence-corrected chi connectivity index (χ0v) is 17.6. The number of aromatic nitrogens is 1. The van der Waals surface area contributed by atoms with Crippen molar-refractivity contribution < 1.29 is 14.3 Å². The van der Waals surface area contributed by atoms with Crippen LogP contribution in [0.25, 0.3) is 10.9 Å². The van der Waals surface area contributed by atoms with Crippen LogP contribution in [0, 0.1) is 5.92 Å². The van der Waals surface area contributed by atoms with E-state index in [2.05, 4.69) is 22.4 Å². The summed E-state index contributed by atoms with van der Waals surface area (Å²) in [5, 5.41) is 4.10. The quantitative estimate of drug-likeness (QED) is 0.682. The molecule has 1 aliphatic rings. The summed E-state index contributed by atoms with van der Waals surface area (Å²) < 4.78 is 5.14. The summed E-state index contributed by atoms with van der Waals surface area (Å²) in [6.45, 7) is 5.11. The van der Waals surface area contributed by atoms with Gasteiger partial charge in [-0.3, -0.25) is 9.59 Å². The molecule has 1 atom stereocenters. The van der Waals surface area contributed by atoms with Crippen LogP contribution < -0.4 is 10.1 Å². The number of H-pyrrole nitrogens is 1. The molecule has 0 spiro atoms. The third-order valence-electron chi connectivity index (χ3n) is 5.77. The molecule has 3 aromatic rings. The Morgan fingerprint density at radius 3 is 2.53 bits per heavy atom. The van der Waals surface area contributed by atoms with Crippen molar-refractivity contribution in [2.45, 2.75) is 32.9 Å². The SMILES string of the molecule is COc1ccc(C(=O)N[C@@H](C(=O)N2CCc3[nH]c4ccccc4c3C2)C(C)C)cc1. The zero-order valence-electron chi connectivity index (χ0n) is 17.6. The Kier molecular flexibility index (Phi) is 5.48. The predicted octanol–water partition coefficient (Wildman–Crippen LogP) is 3.52. The number of benzene rings is 2. The van der Waals surface area contributed by atoms with E-state index in [-0.39, 0.29) is 17.7 Å². The predicted molar refractivity (Wildman–Crippen MR) is 117 cm³/mol. The van der Waals surface area contributed by atoms with Gasteiger partial charge in [0.25, 0.3) is 5.91 Å². The second-order valence-corrected chi connectivity index (χ2v) is 8.06. The Balaban J connectivity index is 1.51. The van der Waals surface area contributed by atoms with Crippen LogP contribution in [-0.2, 0) is 17.8 Å². The molecule has 1 aliphatic heterocycles. The summed E-state index contributed by atoms with van der Waals surface area (Å²) >= 11 is 0. The van der Waals surface area contributed by atoms with Crippen molar-refractivity contribution in [1.29, 1.82) is 0 Å². The number of aromatic amines is 1. The van der Waals surface area contributed by atoms with Gasteiger partial charge in [-0.25, -0.2) is 0 Å². The first-order valence-electron chi connectivity index (χ1n) is 10.3. The Morgan fingerprint density at radius 1 is 1.10 bits per heavy atom. The van der Waals surface area contributed by atoms with Crippen molar-refractivity contribution in [1.82, 2.24) is 15.2 Å². The van der Waals surface area contributed by atoms with Crippen molar-refractivity contribution in [3.05, 3.63) is 65.4 Å². The molecule has 1 aromatic heterocycles. The average molecular weight is 405 g/mol. The summed E-state index contributed by atoms with van der Waals surface area (Å²) in [5.41, 5.74) is 3.98. The number of amides is 2. The van der Waals surface area contributed by atoms with E-state index in [4.69, 9.17) is 4.74 Å². The minimum Gasteiger partial charge on any atom is -0.497 e. The first kappa shape index (κ1) is 20.0. The Hall–Kier alpha value is -3.28. The molecule has 156 valence electrons. The van der Waals surface area contributed by atoms with Gasteiger partial charge in [-0.1, -0.05) is 32.0 Å². The van der Waals surface area contributed by atoms with Gasteiger partial charge in [0, 0.05) is 47.2 Å². The molecule has 0 saturated carbocycles. The van der Waals surface area contributed by atoms with Gasteiger partial charge in [-0.2, -0.15) is 0 Å². The van der Waals surface area contributed by atoms with Crippen LogP contribution in [-0.4, -0.2) is 41.4 Å². The van der Waals surface area contributed by atoms with E-state index in [1.807, 2.05) is 30.9 Å². The number of nitrogens with one attached hydrogen (secondary N) is 2. The lowest BCUT2D eigenvalue weighted by Gasteiger charge is -2.32. The van der Waals surface area contributed by atoms with Crippen molar-refractivity contribution in [2.24, 2.45) is 5.92 Å². The number of carbonyl (C=O) groups is 2. The lowest BCUT2D eigenvalue weighted by Crippen LogP contribution is -2.52. The lowest BCUT2D eigenvalue weighted by atomic mass is 9.99. The molecule has 6 nitrogen and oxygen atoms in total. The minimum atomic E-state index is -0.577. The third kappa shape index (κ3) is 3.77. The Morgan fingerprint density at radius 2 is 1.83 bits per heavy atom. The van der Waals surface area contributed by atoms with E-state index in [0.29, 0.717) is 24.4 Å². The highest BCUT2D eigenvalue weighted by Crippen LogP contribution is 2.28. The summed E-state index contributed by atoms with van der Waals surface area (Å²) in [6.07, 6.45) is 0.785. The monoisotopic (exact) mass is 405 g/mol. The van der Waals surface area contributed by atoms with Crippen molar-refractivity contribution >= 4 is 22.7 Å². The molecule has 2 amide bonds. The molecule has 0 unspecified atom stereocenters. The Labute approximate surface area is 176 Å². The maximum atomic E-state index is 13.4. The van der Waals surface area contributed by atoms with Crippen molar-refractivity contribution in [3.8, 4) is 5.75 Å². The first-order chi connectivity index (χ1) is 14.5. The van der Waals surface area contributed by atoms with Gasteiger partial charge < -0.3 is 19.9 Å². The van der Waals surface area contributed by atoms with Crippen molar-refractivity contribution in [2.75, 3.05) is 13.7 Å². The van der Waals surface area contributed by atoms with Gasteiger partial charge in [0.05, 0.1) is 7.11 Å². The van der Waals surface area contributed by atoms with Crippen LogP contribution >= 0.6 is 0 Å². The fraction of sp³-hybridized carbons (Fsp3) is 0.333. The van der Waals surface area contributed by atoms with Crippen LogP contribution in [0.2, 0.25) is 0 Å². The van der Waals surface area contributed by atoms with E-state index in [0.717, 1.165) is 17.3 Å². The number of methoxy groups -OCH3 is 1.